The largest absolute Gasteiger partial charge is 0.508 e. The number of ether oxygens (including phenoxy) is 1. The minimum absolute atomic E-state index is 0.00406. The van der Waals surface area contributed by atoms with Crippen molar-refractivity contribution in [3.05, 3.63) is 59.7 Å². The minimum atomic E-state index is -2.69. The highest BCUT2D eigenvalue weighted by Crippen LogP contribution is 2.29. The van der Waals surface area contributed by atoms with Gasteiger partial charge >= 0.3 is 0 Å². The summed E-state index contributed by atoms with van der Waals surface area (Å²) in [4.78, 5) is 13.9. The van der Waals surface area contributed by atoms with Gasteiger partial charge in [-0.2, -0.15) is 0 Å². The first-order valence-corrected chi connectivity index (χ1v) is 8.57. The Morgan fingerprint density at radius 2 is 1.81 bits per heavy atom. The van der Waals surface area contributed by atoms with Crippen LogP contribution in [0.4, 0.5) is 8.78 Å². The van der Waals surface area contributed by atoms with Gasteiger partial charge in [-0.1, -0.05) is 30.3 Å². The molecule has 0 radical (unpaired) electrons. The van der Waals surface area contributed by atoms with Crippen LogP contribution in [0, 0.1) is 0 Å². The molecule has 2 aromatic carbocycles. The number of piperidine rings is 1. The van der Waals surface area contributed by atoms with Crippen molar-refractivity contribution in [2.24, 2.45) is 0 Å². The molecule has 0 bridgehead atoms. The number of phenolic OH excluding ortho intramolecular Hbond substituents is 1. The molecule has 0 saturated carbocycles. The maximum atomic E-state index is 13.3. The smallest absolute Gasteiger partial charge is 0.251 e. The van der Waals surface area contributed by atoms with Gasteiger partial charge < -0.3 is 14.7 Å². The van der Waals surface area contributed by atoms with Crippen molar-refractivity contribution in [2.75, 3.05) is 13.1 Å². The lowest BCUT2D eigenvalue weighted by Crippen LogP contribution is -2.43. The Bertz CT molecular complexity index is 755. The molecule has 138 valence electrons. The second-order valence-electron chi connectivity index (χ2n) is 6.48. The zero-order valence-electron chi connectivity index (χ0n) is 14.3. The number of likely N-dealkylation sites (tertiary alicyclic amines) is 1. The number of amides is 1. The van der Waals surface area contributed by atoms with Crippen molar-refractivity contribution in [1.29, 1.82) is 0 Å². The van der Waals surface area contributed by atoms with E-state index in [4.69, 9.17) is 4.74 Å². The van der Waals surface area contributed by atoms with Gasteiger partial charge in [0.15, 0.2) is 0 Å². The third kappa shape index (κ3) is 4.71. The number of carbonyl (C=O) groups excluding carboxylic acids is 1. The highest BCUT2D eigenvalue weighted by molar-refractivity contribution is 5.79. The van der Waals surface area contributed by atoms with Gasteiger partial charge in [0, 0.05) is 31.5 Å². The Balaban J connectivity index is 1.67. The number of hydrogen-bond acceptors (Lipinski definition) is 3. The summed E-state index contributed by atoms with van der Waals surface area (Å²) < 4.78 is 32.3. The second kappa shape index (κ2) is 7.72. The second-order valence-corrected chi connectivity index (χ2v) is 6.48. The fourth-order valence-corrected chi connectivity index (χ4v) is 2.94. The highest BCUT2D eigenvalue weighted by atomic mass is 19.3. The maximum absolute atomic E-state index is 13.3. The van der Waals surface area contributed by atoms with Gasteiger partial charge in [0.25, 0.3) is 5.92 Å². The standard InChI is InChI=1S/C20H21F2NO3/c21-20(22)8-10-23(11-9-20)19(25)13-16-12-17(24)6-7-18(16)26-14-15-4-2-1-3-5-15/h1-7,12,24H,8-11,13-14H2. The minimum Gasteiger partial charge on any atom is -0.508 e. The van der Waals surface area contributed by atoms with Gasteiger partial charge in [-0.25, -0.2) is 8.78 Å². The molecule has 1 fully saturated rings. The molecule has 0 unspecified atom stereocenters. The van der Waals surface area contributed by atoms with Crippen LogP contribution in [0.5, 0.6) is 11.5 Å². The molecular weight excluding hydrogens is 340 g/mol. The molecule has 0 spiro atoms. The van der Waals surface area contributed by atoms with E-state index in [0.717, 1.165) is 5.56 Å². The fourth-order valence-electron chi connectivity index (χ4n) is 2.94. The number of aromatic hydroxyl groups is 1. The number of phenols is 1. The lowest BCUT2D eigenvalue weighted by Gasteiger charge is -2.32. The van der Waals surface area contributed by atoms with E-state index in [-0.39, 0.29) is 44.0 Å². The number of carbonyl (C=O) groups is 1. The molecule has 4 nitrogen and oxygen atoms in total. The molecule has 3 rings (SSSR count). The van der Waals surface area contributed by atoms with Crippen molar-refractivity contribution in [1.82, 2.24) is 4.90 Å². The average molecular weight is 361 g/mol. The Morgan fingerprint density at radius 1 is 1.12 bits per heavy atom. The summed E-state index contributed by atoms with van der Waals surface area (Å²) in [5, 5.41) is 9.73. The van der Waals surface area contributed by atoms with Crippen LogP contribution < -0.4 is 4.74 Å². The predicted octanol–water partition coefficient (Wildman–Crippen LogP) is 3.77. The molecule has 0 atom stereocenters. The lowest BCUT2D eigenvalue weighted by molar-refractivity contribution is -0.136. The van der Waals surface area contributed by atoms with Gasteiger partial charge in [-0.3, -0.25) is 4.79 Å². The Kier molecular flexibility index (Phi) is 5.40. The van der Waals surface area contributed by atoms with Gasteiger partial charge in [-0.15, -0.1) is 0 Å². The molecule has 1 heterocycles. The molecular formula is C20H21F2NO3. The summed E-state index contributed by atoms with van der Waals surface area (Å²) in [6.45, 7) is 0.429. The summed E-state index contributed by atoms with van der Waals surface area (Å²) in [6, 6.07) is 14.2. The summed E-state index contributed by atoms with van der Waals surface area (Å²) in [5.74, 6) is -2.39. The van der Waals surface area contributed by atoms with Gasteiger partial charge in [-0.05, 0) is 23.8 Å². The molecule has 26 heavy (non-hydrogen) atoms. The number of nitrogens with zero attached hydrogens (tertiary/aromatic N) is 1. The normalized spacial score (nSPS) is 16.3. The van der Waals surface area contributed by atoms with E-state index < -0.39 is 5.92 Å². The number of halogens is 2. The molecule has 1 N–H and O–H groups in total. The fraction of sp³-hybridized carbons (Fsp3) is 0.350. The number of alkyl halides is 2. The van der Waals surface area contributed by atoms with Crippen molar-refractivity contribution >= 4 is 5.91 Å². The van der Waals surface area contributed by atoms with Crippen LogP contribution in [0.3, 0.4) is 0 Å². The maximum Gasteiger partial charge on any atom is 0.251 e. The summed E-state index contributed by atoms with van der Waals surface area (Å²) in [6.07, 6.45) is -0.615. The first-order chi connectivity index (χ1) is 12.4. The Labute approximate surface area is 151 Å². The summed E-state index contributed by atoms with van der Waals surface area (Å²) in [5.41, 5.74) is 1.53. The van der Waals surface area contributed by atoms with E-state index in [1.54, 1.807) is 6.07 Å². The quantitative estimate of drug-likeness (QED) is 0.882. The topological polar surface area (TPSA) is 49.8 Å². The highest BCUT2D eigenvalue weighted by Gasteiger charge is 2.35. The predicted molar refractivity (Wildman–Crippen MR) is 93.3 cm³/mol. The molecule has 6 heteroatoms. The molecule has 0 aromatic heterocycles. The van der Waals surface area contributed by atoms with Crippen molar-refractivity contribution < 1.29 is 23.4 Å². The number of rotatable bonds is 5. The van der Waals surface area contributed by atoms with E-state index in [0.29, 0.717) is 17.9 Å². The third-order valence-electron chi connectivity index (χ3n) is 4.47. The van der Waals surface area contributed by atoms with E-state index in [1.807, 2.05) is 30.3 Å². The van der Waals surface area contributed by atoms with E-state index in [1.165, 1.54) is 17.0 Å². The van der Waals surface area contributed by atoms with Crippen LogP contribution in [0.15, 0.2) is 48.5 Å². The molecule has 2 aromatic rings. The van der Waals surface area contributed by atoms with Crippen molar-refractivity contribution in [3.8, 4) is 11.5 Å². The van der Waals surface area contributed by atoms with Crippen molar-refractivity contribution in [3.63, 3.8) is 0 Å². The van der Waals surface area contributed by atoms with Crippen LogP contribution in [-0.2, 0) is 17.8 Å². The van der Waals surface area contributed by atoms with Crippen LogP contribution in [-0.4, -0.2) is 34.9 Å². The first kappa shape index (κ1) is 18.2. The molecule has 1 amide bonds. The zero-order valence-corrected chi connectivity index (χ0v) is 14.3. The lowest BCUT2D eigenvalue weighted by atomic mass is 10.0. The SMILES string of the molecule is O=C(Cc1cc(O)ccc1OCc1ccccc1)N1CCC(F)(F)CC1. The van der Waals surface area contributed by atoms with Crippen LogP contribution >= 0.6 is 0 Å². The Hall–Kier alpha value is -2.63. The zero-order chi connectivity index (χ0) is 18.6. The molecule has 0 aliphatic carbocycles. The van der Waals surface area contributed by atoms with E-state index in [2.05, 4.69) is 0 Å². The van der Waals surface area contributed by atoms with Gasteiger partial charge in [0.2, 0.25) is 5.91 Å². The monoisotopic (exact) mass is 361 g/mol. The van der Waals surface area contributed by atoms with E-state index >= 15 is 0 Å². The summed E-state index contributed by atoms with van der Waals surface area (Å²) >= 11 is 0. The van der Waals surface area contributed by atoms with E-state index in [9.17, 15) is 18.7 Å². The van der Waals surface area contributed by atoms with Gasteiger partial charge in [0.05, 0.1) is 6.42 Å². The Morgan fingerprint density at radius 3 is 2.50 bits per heavy atom. The molecule has 1 saturated heterocycles. The number of benzene rings is 2. The van der Waals surface area contributed by atoms with Crippen LogP contribution in [0.1, 0.15) is 24.0 Å². The number of hydrogen-bond donors (Lipinski definition) is 1. The average Bonchev–Trinajstić information content (AvgIpc) is 2.62. The van der Waals surface area contributed by atoms with Crippen molar-refractivity contribution in [2.45, 2.75) is 31.8 Å². The first-order valence-electron chi connectivity index (χ1n) is 8.57. The molecule has 1 aliphatic heterocycles. The van der Waals surface area contributed by atoms with Crippen LogP contribution in [0.2, 0.25) is 0 Å². The summed E-state index contributed by atoms with van der Waals surface area (Å²) in [7, 11) is 0. The molecule has 1 aliphatic rings. The van der Waals surface area contributed by atoms with Gasteiger partial charge in [0.1, 0.15) is 18.1 Å². The third-order valence-corrected chi connectivity index (χ3v) is 4.47. The van der Waals surface area contributed by atoms with Crippen LogP contribution in [0.25, 0.3) is 0 Å².